The van der Waals surface area contributed by atoms with E-state index < -0.39 is 29.3 Å². The van der Waals surface area contributed by atoms with Gasteiger partial charge in [-0.3, -0.25) is 0 Å². The van der Waals surface area contributed by atoms with E-state index in [2.05, 4.69) is 0 Å². The van der Waals surface area contributed by atoms with Gasteiger partial charge in [-0.2, -0.15) is 26.3 Å². The lowest BCUT2D eigenvalue weighted by atomic mass is 9.43. The van der Waals surface area contributed by atoms with Crippen LogP contribution in [0, 0.1) is 23.2 Å². The fourth-order valence-corrected chi connectivity index (χ4v) is 4.70. The van der Waals surface area contributed by atoms with E-state index >= 15 is 0 Å². The van der Waals surface area contributed by atoms with E-state index in [1.165, 1.54) is 5.57 Å². The first-order valence-electron chi connectivity index (χ1n) is 6.98. The van der Waals surface area contributed by atoms with Gasteiger partial charge in [-0.25, -0.2) is 0 Å². The number of alkyl halides is 6. The van der Waals surface area contributed by atoms with E-state index in [0.717, 1.165) is 13.3 Å². The maximum absolute atomic E-state index is 13.0. The molecular formula is C14H16F6O. The molecule has 4 bridgehead atoms. The third-order valence-electron chi connectivity index (χ3n) is 5.97. The Balaban J connectivity index is 2.00. The number of aliphatic hydroxyl groups is 1. The Kier molecular flexibility index (Phi) is 2.87. The van der Waals surface area contributed by atoms with Gasteiger partial charge < -0.3 is 5.11 Å². The fourth-order valence-electron chi connectivity index (χ4n) is 4.70. The number of hydrogen-bond donors (Lipinski definition) is 1. The number of hydrogen-bond acceptors (Lipinski definition) is 1. The van der Waals surface area contributed by atoms with Gasteiger partial charge in [0, 0.05) is 5.92 Å². The Morgan fingerprint density at radius 1 is 1.10 bits per heavy atom. The molecule has 5 rings (SSSR count). The summed E-state index contributed by atoms with van der Waals surface area (Å²) in [5.41, 5.74) is -4.55. The summed E-state index contributed by atoms with van der Waals surface area (Å²) in [5.74, 6) is -1.68. The topological polar surface area (TPSA) is 20.2 Å². The van der Waals surface area contributed by atoms with Crippen LogP contribution in [-0.2, 0) is 0 Å². The van der Waals surface area contributed by atoms with Crippen molar-refractivity contribution in [3.63, 3.8) is 0 Å². The van der Waals surface area contributed by atoms with Crippen LogP contribution in [0.4, 0.5) is 26.3 Å². The molecule has 3 saturated carbocycles. The van der Waals surface area contributed by atoms with E-state index in [1.807, 2.05) is 0 Å². The third-order valence-corrected chi connectivity index (χ3v) is 5.97. The van der Waals surface area contributed by atoms with Gasteiger partial charge in [0.25, 0.3) is 5.60 Å². The van der Waals surface area contributed by atoms with Crippen molar-refractivity contribution in [1.82, 2.24) is 0 Å². The molecule has 0 aromatic heterocycles. The quantitative estimate of drug-likeness (QED) is 0.597. The van der Waals surface area contributed by atoms with Gasteiger partial charge in [0.2, 0.25) is 0 Å². The molecule has 0 spiro atoms. The second-order valence-corrected chi connectivity index (χ2v) is 6.79. The summed E-state index contributed by atoms with van der Waals surface area (Å²) >= 11 is 0. The lowest BCUT2D eigenvalue weighted by Crippen LogP contribution is -2.66. The Labute approximate surface area is 118 Å². The summed E-state index contributed by atoms with van der Waals surface area (Å²) in [6, 6.07) is 0. The van der Waals surface area contributed by atoms with Crippen LogP contribution < -0.4 is 0 Å². The van der Waals surface area contributed by atoms with Gasteiger partial charge in [0.05, 0.1) is 0 Å². The number of halogens is 6. The monoisotopic (exact) mass is 314 g/mol. The minimum Gasteiger partial charge on any atom is -0.373 e. The summed E-state index contributed by atoms with van der Waals surface area (Å²) in [6.07, 6.45) is -7.96. The number of allylic oxidation sites excluding steroid dienone is 2. The smallest absolute Gasteiger partial charge is 0.373 e. The van der Waals surface area contributed by atoms with E-state index in [-0.39, 0.29) is 18.3 Å². The second-order valence-electron chi connectivity index (χ2n) is 6.79. The summed E-state index contributed by atoms with van der Waals surface area (Å²) in [7, 11) is 0. The molecular weight excluding hydrogens is 298 g/mol. The van der Waals surface area contributed by atoms with Crippen LogP contribution in [0.5, 0.6) is 0 Å². The molecule has 0 aliphatic heterocycles. The molecule has 3 atom stereocenters. The molecule has 0 amide bonds. The van der Waals surface area contributed by atoms with Crippen LogP contribution in [-0.4, -0.2) is 23.1 Å². The SMILES string of the molecule is C[C@@H](C12CC=C3C(CC3C1)C2)C(O)(C(F)(F)F)C(F)(F)F. The fraction of sp³-hybridized carbons (Fsp3) is 0.857. The highest BCUT2D eigenvalue weighted by atomic mass is 19.4. The highest BCUT2D eigenvalue weighted by Crippen LogP contribution is 2.68. The van der Waals surface area contributed by atoms with Crippen molar-refractivity contribution in [2.45, 2.75) is 50.6 Å². The van der Waals surface area contributed by atoms with Crippen LogP contribution in [0.2, 0.25) is 0 Å². The lowest BCUT2D eigenvalue weighted by molar-refractivity contribution is -0.395. The lowest BCUT2D eigenvalue weighted by Gasteiger charge is -2.62. The number of fused-ring (bicyclic) bond motifs is 1. The molecule has 21 heavy (non-hydrogen) atoms. The zero-order valence-electron chi connectivity index (χ0n) is 11.4. The normalized spacial score (nSPS) is 37.0. The van der Waals surface area contributed by atoms with Gasteiger partial charge in [0.1, 0.15) is 0 Å². The van der Waals surface area contributed by atoms with Crippen molar-refractivity contribution in [2.24, 2.45) is 23.2 Å². The van der Waals surface area contributed by atoms with Gasteiger partial charge in [-0.05, 0) is 42.9 Å². The molecule has 0 radical (unpaired) electrons. The largest absolute Gasteiger partial charge is 0.426 e. The average molecular weight is 314 g/mol. The Morgan fingerprint density at radius 3 is 1.95 bits per heavy atom. The van der Waals surface area contributed by atoms with Crippen molar-refractivity contribution in [3.05, 3.63) is 11.6 Å². The Bertz CT molecular complexity index is 461. The van der Waals surface area contributed by atoms with Crippen molar-refractivity contribution >= 4 is 0 Å². The number of rotatable bonds is 2. The molecule has 5 aliphatic rings. The highest BCUT2D eigenvalue weighted by molar-refractivity contribution is 5.31. The van der Waals surface area contributed by atoms with Crippen molar-refractivity contribution in [2.75, 3.05) is 0 Å². The highest BCUT2D eigenvalue weighted by Gasteiger charge is 2.76. The van der Waals surface area contributed by atoms with Gasteiger partial charge in [0.15, 0.2) is 0 Å². The first-order chi connectivity index (χ1) is 9.42. The van der Waals surface area contributed by atoms with E-state index in [0.29, 0.717) is 12.8 Å². The molecule has 7 heteroatoms. The predicted octanol–water partition coefficient (Wildman–Crippen LogP) is 4.22. The van der Waals surface area contributed by atoms with Crippen molar-refractivity contribution in [3.8, 4) is 0 Å². The molecule has 120 valence electrons. The minimum absolute atomic E-state index is 0.116. The molecule has 5 aliphatic carbocycles. The van der Waals surface area contributed by atoms with Crippen LogP contribution in [0.3, 0.4) is 0 Å². The summed E-state index contributed by atoms with van der Waals surface area (Å²) in [4.78, 5) is 0. The van der Waals surface area contributed by atoms with Gasteiger partial charge >= 0.3 is 12.4 Å². The van der Waals surface area contributed by atoms with E-state index in [9.17, 15) is 31.4 Å². The van der Waals surface area contributed by atoms with Crippen LogP contribution in [0.15, 0.2) is 11.6 Å². The van der Waals surface area contributed by atoms with Crippen molar-refractivity contribution in [1.29, 1.82) is 0 Å². The molecule has 0 saturated heterocycles. The molecule has 0 heterocycles. The molecule has 1 N–H and O–H groups in total. The molecule has 0 aromatic carbocycles. The van der Waals surface area contributed by atoms with Crippen LogP contribution >= 0.6 is 0 Å². The zero-order valence-corrected chi connectivity index (χ0v) is 11.4. The minimum atomic E-state index is -5.73. The molecule has 0 aromatic rings. The van der Waals surface area contributed by atoms with Gasteiger partial charge in [-0.1, -0.05) is 18.6 Å². The summed E-state index contributed by atoms with van der Waals surface area (Å²) < 4.78 is 78.3. The first-order valence-corrected chi connectivity index (χ1v) is 6.98. The summed E-state index contributed by atoms with van der Waals surface area (Å²) in [5, 5.41) is 9.65. The van der Waals surface area contributed by atoms with Crippen molar-refractivity contribution < 1.29 is 31.4 Å². The molecule has 3 fully saturated rings. The predicted molar refractivity (Wildman–Crippen MR) is 62.2 cm³/mol. The van der Waals surface area contributed by atoms with E-state index in [1.54, 1.807) is 6.08 Å². The third kappa shape index (κ3) is 1.75. The molecule has 1 nitrogen and oxygen atoms in total. The average Bonchev–Trinajstić information content (AvgIpc) is 2.34. The standard InChI is InChI=1S/C14H16F6O/c1-7(12(21,13(15,16)17)14(18,19)20)11-3-2-10-8(5-11)4-9(10)6-11/h2,7-9,21H,3-6H2,1H3/t7-,8?,9?,11?/m0/s1. The Morgan fingerprint density at radius 2 is 1.57 bits per heavy atom. The first kappa shape index (κ1) is 15.2. The Hall–Kier alpha value is -0.720. The maximum atomic E-state index is 13.0. The molecule has 2 unspecified atom stereocenters. The van der Waals surface area contributed by atoms with Crippen LogP contribution in [0.1, 0.15) is 32.6 Å². The summed E-state index contributed by atoms with van der Waals surface area (Å²) in [6.45, 7) is 0.907. The van der Waals surface area contributed by atoms with Gasteiger partial charge in [-0.15, -0.1) is 0 Å². The van der Waals surface area contributed by atoms with Crippen LogP contribution in [0.25, 0.3) is 0 Å². The second kappa shape index (κ2) is 3.97. The van der Waals surface area contributed by atoms with E-state index in [4.69, 9.17) is 0 Å². The maximum Gasteiger partial charge on any atom is 0.426 e. The zero-order chi connectivity index (χ0) is 15.8.